The molecular weight excluding hydrogens is 292 g/mol. The predicted octanol–water partition coefficient (Wildman–Crippen LogP) is 1.58. The first-order valence-electron chi connectivity index (χ1n) is 7.46. The van der Waals surface area contributed by atoms with Gasteiger partial charge >= 0.3 is 0 Å². The summed E-state index contributed by atoms with van der Waals surface area (Å²) in [5.74, 6) is 3.27. The fraction of sp³-hybridized carbons (Fsp3) is 0.929. The molecule has 4 nitrogen and oxygen atoms in total. The van der Waals surface area contributed by atoms with Gasteiger partial charge < -0.3 is 15.4 Å². The van der Waals surface area contributed by atoms with Crippen LogP contribution in [0.3, 0.4) is 0 Å². The molecule has 2 rings (SSSR count). The first-order chi connectivity index (χ1) is 9.72. The van der Waals surface area contributed by atoms with Crippen LogP contribution in [0.2, 0.25) is 0 Å². The van der Waals surface area contributed by atoms with Crippen molar-refractivity contribution in [2.75, 3.05) is 36.7 Å². The molecule has 2 saturated heterocycles. The lowest BCUT2D eigenvalue weighted by Crippen LogP contribution is -2.51. The normalized spacial score (nSPS) is 27.7. The van der Waals surface area contributed by atoms with Crippen LogP contribution in [0.15, 0.2) is 0 Å². The highest BCUT2D eigenvalue weighted by molar-refractivity contribution is 7.99. The van der Waals surface area contributed by atoms with E-state index in [2.05, 4.69) is 6.26 Å². The van der Waals surface area contributed by atoms with E-state index in [4.69, 9.17) is 10.5 Å². The Morgan fingerprint density at radius 3 is 3.00 bits per heavy atom. The fourth-order valence-corrected chi connectivity index (χ4v) is 4.49. The van der Waals surface area contributed by atoms with Crippen LogP contribution in [0.25, 0.3) is 0 Å². The topological polar surface area (TPSA) is 55.6 Å². The number of hydrogen-bond donors (Lipinski definition) is 1. The lowest BCUT2D eigenvalue weighted by Gasteiger charge is -2.32. The molecule has 1 amide bonds. The summed E-state index contributed by atoms with van der Waals surface area (Å²) in [6.07, 6.45) is 6.32. The molecular formula is C14H26N2O2S2. The number of nitrogens with two attached hydrogens (primary N) is 1. The van der Waals surface area contributed by atoms with E-state index in [1.165, 1.54) is 0 Å². The number of nitrogens with zero attached hydrogens (tertiary/aromatic N) is 1. The maximum atomic E-state index is 12.7. The van der Waals surface area contributed by atoms with Crippen molar-refractivity contribution in [1.82, 2.24) is 4.90 Å². The molecule has 0 spiro atoms. The predicted molar refractivity (Wildman–Crippen MR) is 87.4 cm³/mol. The van der Waals surface area contributed by atoms with Gasteiger partial charge in [-0.25, -0.2) is 0 Å². The second-order valence-electron chi connectivity index (χ2n) is 5.53. The average molecular weight is 319 g/mol. The Morgan fingerprint density at radius 2 is 2.40 bits per heavy atom. The van der Waals surface area contributed by atoms with Gasteiger partial charge in [-0.1, -0.05) is 0 Å². The Balaban J connectivity index is 1.94. The third-order valence-corrected chi connectivity index (χ3v) is 5.79. The number of ether oxygens (including phenoxy) is 1. The third-order valence-electron chi connectivity index (χ3n) is 4.00. The molecule has 116 valence electrons. The number of hydrogen-bond acceptors (Lipinski definition) is 5. The van der Waals surface area contributed by atoms with Gasteiger partial charge in [-0.3, -0.25) is 4.79 Å². The van der Waals surface area contributed by atoms with Crippen LogP contribution in [-0.4, -0.2) is 65.7 Å². The highest BCUT2D eigenvalue weighted by Crippen LogP contribution is 2.25. The van der Waals surface area contributed by atoms with Crippen molar-refractivity contribution in [3.63, 3.8) is 0 Å². The van der Waals surface area contributed by atoms with E-state index < -0.39 is 0 Å². The molecule has 2 fully saturated rings. The standard InChI is InChI=1S/C14H26N2O2S2/c1-19-7-5-13(15)14(17)16(11-4-8-20-10-11)9-12-3-2-6-18-12/h11-13H,2-10,15H2,1H3/t11?,12?,13-/m0/s1. The molecule has 20 heavy (non-hydrogen) atoms. The number of rotatable bonds is 7. The second kappa shape index (κ2) is 8.51. The van der Waals surface area contributed by atoms with E-state index in [9.17, 15) is 4.79 Å². The van der Waals surface area contributed by atoms with Crippen molar-refractivity contribution in [2.45, 2.75) is 43.9 Å². The van der Waals surface area contributed by atoms with E-state index in [0.717, 1.165) is 56.1 Å². The summed E-state index contributed by atoms with van der Waals surface area (Å²) >= 11 is 3.68. The molecule has 3 atom stereocenters. The summed E-state index contributed by atoms with van der Waals surface area (Å²) in [5, 5.41) is 0. The smallest absolute Gasteiger partial charge is 0.239 e. The fourth-order valence-electron chi connectivity index (χ4n) is 2.78. The number of carbonyl (C=O) groups excluding carboxylic acids is 1. The van der Waals surface area contributed by atoms with Crippen molar-refractivity contribution in [1.29, 1.82) is 0 Å². The first kappa shape index (κ1) is 16.5. The van der Waals surface area contributed by atoms with Gasteiger partial charge in [-0.2, -0.15) is 23.5 Å². The van der Waals surface area contributed by atoms with E-state index in [0.29, 0.717) is 6.04 Å². The van der Waals surface area contributed by atoms with Crippen molar-refractivity contribution in [3.05, 3.63) is 0 Å². The maximum Gasteiger partial charge on any atom is 0.239 e. The largest absolute Gasteiger partial charge is 0.376 e. The Hall–Kier alpha value is 0.0900. The minimum absolute atomic E-state index is 0.127. The van der Waals surface area contributed by atoms with Crippen LogP contribution in [-0.2, 0) is 9.53 Å². The van der Waals surface area contributed by atoms with Crippen LogP contribution in [0.1, 0.15) is 25.7 Å². The summed E-state index contributed by atoms with van der Waals surface area (Å²) in [6.45, 7) is 1.57. The van der Waals surface area contributed by atoms with E-state index >= 15 is 0 Å². The highest BCUT2D eigenvalue weighted by Gasteiger charge is 2.32. The van der Waals surface area contributed by atoms with Crippen LogP contribution >= 0.6 is 23.5 Å². The summed E-state index contributed by atoms with van der Waals surface area (Å²) in [6, 6.07) is 0.00600. The molecule has 2 unspecified atom stereocenters. The number of amides is 1. The molecule has 2 N–H and O–H groups in total. The van der Waals surface area contributed by atoms with Gasteiger partial charge in [-0.05, 0) is 43.4 Å². The zero-order chi connectivity index (χ0) is 14.4. The average Bonchev–Trinajstić information content (AvgIpc) is 3.13. The Morgan fingerprint density at radius 1 is 1.55 bits per heavy atom. The van der Waals surface area contributed by atoms with Gasteiger partial charge in [0.2, 0.25) is 5.91 Å². The molecule has 0 aromatic rings. The minimum atomic E-state index is -0.352. The molecule has 0 aliphatic carbocycles. The maximum absolute atomic E-state index is 12.7. The third kappa shape index (κ3) is 4.55. The van der Waals surface area contributed by atoms with Crippen LogP contribution in [0, 0.1) is 0 Å². The molecule has 0 bridgehead atoms. The van der Waals surface area contributed by atoms with E-state index in [1.807, 2.05) is 16.7 Å². The van der Waals surface area contributed by atoms with Crippen molar-refractivity contribution in [3.8, 4) is 0 Å². The van der Waals surface area contributed by atoms with E-state index in [1.54, 1.807) is 11.8 Å². The second-order valence-corrected chi connectivity index (χ2v) is 7.67. The van der Waals surface area contributed by atoms with Gasteiger partial charge in [0.15, 0.2) is 0 Å². The zero-order valence-electron chi connectivity index (χ0n) is 12.3. The Bertz CT molecular complexity index is 306. The molecule has 2 heterocycles. The summed E-state index contributed by atoms with van der Waals surface area (Å²) in [4.78, 5) is 14.7. The number of carbonyl (C=O) groups is 1. The Kier molecular flexibility index (Phi) is 7.01. The first-order valence-corrected chi connectivity index (χ1v) is 10.0. The minimum Gasteiger partial charge on any atom is -0.376 e. The van der Waals surface area contributed by atoms with Gasteiger partial charge in [-0.15, -0.1) is 0 Å². The zero-order valence-corrected chi connectivity index (χ0v) is 13.9. The van der Waals surface area contributed by atoms with Crippen molar-refractivity contribution < 1.29 is 9.53 Å². The highest BCUT2D eigenvalue weighted by atomic mass is 32.2. The lowest BCUT2D eigenvalue weighted by atomic mass is 10.1. The monoisotopic (exact) mass is 318 g/mol. The SMILES string of the molecule is CSCC[C@H](N)C(=O)N(CC1CCCO1)C1CCSC1. The lowest BCUT2D eigenvalue weighted by molar-refractivity contribution is -0.136. The molecule has 2 aliphatic rings. The van der Waals surface area contributed by atoms with Gasteiger partial charge in [0.25, 0.3) is 0 Å². The van der Waals surface area contributed by atoms with Crippen molar-refractivity contribution in [2.24, 2.45) is 5.73 Å². The quantitative estimate of drug-likeness (QED) is 0.772. The molecule has 2 aliphatic heterocycles. The van der Waals surface area contributed by atoms with Gasteiger partial charge in [0, 0.05) is 24.9 Å². The van der Waals surface area contributed by atoms with Crippen LogP contribution < -0.4 is 5.73 Å². The number of thioether (sulfide) groups is 2. The summed E-state index contributed by atoms with van der Waals surface area (Å²) in [7, 11) is 0. The van der Waals surface area contributed by atoms with Crippen molar-refractivity contribution >= 4 is 29.4 Å². The Labute approximate surface area is 130 Å². The van der Waals surface area contributed by atoms with Gasteiger partial charge in [0.1, 0.15) is 0 Å². The van der Waals surface area contributed by atoms with E-state index in [-0.39, 0.29) is 18.1 Å². The van der Waals surface area contributed by atoms with Gasteiger partial charge in [0.05, 0.1) is 12.1 Å². The molecule has 6 heteroatoms. The summed E-state index contributed by atoms with van der Waals surface area (Å²) < 4.78 is 5.71. The van der Waals surface area contributed by atoms with Crippen LogP contribution in [0.4, 0.5) is 0 Å². The van der Waals surface area contributed by atoms with Crippen LogP contribution in [0.5, 0.6) is 0 Å². The summed E-state index contributed by atoms with van der Waals surface area (Å²) in [5.41, 5.74) is 6.09. The molecule has 0 aromatic heterocycles. The molecule has 0 saturated carbocycles. The molecule has 0 aromatic carbocycles. The molecule has 0 radical (unpaired) electrons.